The van der Waals surface area contributed by atoms with Crippen molar-refractivity contribution >= 4 is 0 Å². The molecule has 2 aromatic rings. The fourth-order valence-electron chi connectivity index (χ4n) is 2.28. The van der Waals surface area contributed by atoms with Crippen LogP contribution in [0.2, 0.25) is 0 Å². The first-order valence-electron chi connectivity index (χ1n) is 5.72. The summed E-state index contributed by atoms with van der Waals surface area (Å²) in [6.45, 7) is 7.60. The zero-order chi connectivity index (χ0) is 11.5. The lowest BCUT2D eigenvalue weighted by Gasteiger charge is -2.16. The molecule has 0 unspecified atom stereocenters. The second-order valence-electron chi connectivity index (χ2n) is 4.54. The highest BCUT2D eigenvalue weighted by Gasteiger charge is 2.09. The fourth-order valence-corrected chi connectivity index (χ4v) is 2.28. The lowest BCUT2D eigenvalue weighted by Crippen LogP contribution is -2.04. The van der Waals surface area contributed by atoms with E-state index < -0.39 is 0 Å². The molecule has 0 saturated carbocycles. The fraction of sp³-hybridized carbons (Fsp3) is 0.357. The summed E-state index contributed by atoms with van der Waals surface area (Å²) in [5.74, 6) is 0.569. The van der Waals surface area contributed by atoms with Crippen molar-refractivity contribution < 1.29 is 0 Å². The minimum absolute atomic E-state index is 0.569. The van der Waals surface area contributed by atoms with Crippen molar-refractivity contribution in [2.24, 2.45) is 0 Å². The molecule has 1 aromatic carbocycles. The van der Waals surface area contributed by atoms with Gasteiger partial charge < -0.3 is 4.57 Å². The van der Waals surface area contributed by atoms with Crippen LogP contribution in [0.1, 0.15) is 36.5 Å². The van der Waals surface area contributed by atoms with Gasteiger partial charge in [0.05, 0.1) is 6.33 Å². The Morgan fingerprint density at radius 1 is 1.31 bits per heavy atom. The third-order valence-corrected chi connectivity index (χ3v) is 2.90. The number of aromatic nitrogens is 2. The van der Waals surface area contributed by atoms with Crippen LogP contribution >= 0.6 is 0 Å². The third-order valence-electron chi connectivity index (χ3n) is 2.90. The monoisotopic (exact) mass is 214 g/mol. The van der Waals surface area contributed by atoms with E-state index in [1.165, 1.54) is 16.7 Å². The molecule has 84 valence electrons. The summed E-state index contributed by atoms with van der Waals surface area (Å²) in [5.41, 5.74) is 4.25. The van der Waals surface area contributed by atoms with Crippen molar-refractivity contribution in [3.8, 4) is 0 Å². The third kappa shape index (κ3) is 2.16. The van der Waals surface area contributed by atoms with Crippen LogP contribution in [0.4, 0.5) is 0 Å². The average Bonchev–Trinajstić information content (AvgIpc) is 2.70. The van der Waals surface area contributed by atoms with Gasteiger partial charge in [0.1, 0.15) is 0 Å². The second kappa shape index (κ2) is 4.52. The van der Waals surface area contributed by atoms with Crippen molar-refractivity contribution in [2.75, 3.05) is 0 Å². The first-order chi connectivity index (χ1) is 7.68. The van der Waals surface area contributed by atoms with Crippen molar-refractivity contribution in [1.82, 2.24) is 9.55 Å². The van der Waals surface area contributed by atoms with Gasteiger partial charge in [-0.2, -0.15) is 0 Å². The maximum absolute atomic E-state index is 4.08. The summed E-state index contributed by atoms with van der Waals surface area (Å²) < 4.78 is 2.11. The molecular weight excluding hydrogens is 196 g/mol. The van der Waals surface area contributed by atoms with E-state index in [1.807, 2.05) is 18.7 Å². The number of aryl methyl sites for hydroxylation is 1. The van der Waals surface area contributed by atoms with E-state index in [1.54, 1.807) is 0 Å². The van der Waals surface area contributed by atoms with Gasteiger partial charge in [-0.15, -0.1) is 0 Å². The van der Waals surface area contributed by atoms with Crippen LogP contribution in [0.25, 0.3) is 0 Å². The summed E-state index contributed by atoms with van der Waals surface area (Å²) >= 11 is 0. The van der Waals surface area contributed by atoms with Crippen LogP contribution in [0.3, 0.4) is 0 Å². The summed E-state index contributed by atoms with van der Waals surface area (Å²) in [4.78, 5) is 4.08. The smallest absolute Gasteiger partial charge is 0.0949 e. The molecule has 1 heterocycles. The summed E-state index contributed by atoms with van der Waals surface area (Å²) in [5, 5.41) is 0. The topological polar surface area (TPSA) is 17.8 Å². The highest BCUT2D eigenvalue weighted by molar-refractivity contribution is 5.36. The van der Waals surface area contributed by atoms with E-state index in [2.05, 4.69) is 48.5 Å². The first-order valence-corrected chi connectivity index (χ1v) is 5.72. The Morgan fingerprint density at radius 2 is 2.12 bits per heavy atom. The largest absolute Gasteiger partial charge is 0.333 e. The predicted octanol–water partition coefficient (Wildman–Crippen LogP) is 3.36. The maximum atomic E-state index is 4.08. The molecule has 1 aromatic heterocycles. The first kappa shape index (κ1) is 10.9. The lowest BCUT2D eigenvalue weighted by molar-refractivity contribution is 0.758. The van der Waals surface area contributed by atoms with E-state index in [9.17, 15) is 0 Å². The van der Waals surface area contributed by atoms with E-state index in [-0.39, 0.29) is 0 Å². The normalized spacial score (nSPS) is 11.0. The van der Waals surface area contributed by atoms with Gasteiger partial charge in [0.2, 0.25) is 0 Å². The van der Waals surface area contributed by atoms with E-state index in [0.717, 1.165) is 6.54 Å². The molecule has 2 heteroatoms. The van der Waals surface area contributed by atoms with Gasteiger partial charge >= 0.3 is 0 Å². The second-order valence-corrected chi connectivity index (χ2v) is 4.54. The van der Waals surface area contributed by atoms with Crippen molar-refractivity contribution in [2.45, 2.75) is 33.2 Å². The molecule has 2 rings (SSSR count). The standard InChI is InChI=1S/C14H18N2/c1-11(2)14-12(3)5-4-6-13(14)9-16-8-7-15-10-16/h4-8,10-11H,9H2,1-3H3. The molecular formula is C14H18N2. The minimum Gasteiger partial charge on any atom is -0.333 e. The molecule has 0 amide bonds. The van der Waals surface area contributed by atoms with Crippen LogP contribution in [0, 0.1) is 6.92 Å². The van der Waals surface area contributed by atoms with Gasteiger partial charge in [-0.25, -0.2) is 4.98 Å². The lowest BCUT2D eigenvalue weighted by atomic mass is 9.92. The quantitative estimate of drug-likeness (QED) is 0.766. The Hall–Kier alpha value is -1.57. The molecule has 0 bridgehead atoms. The number of imidazole rings is 1. The summed E-state index contributed by atoms with van der Waals surface area (Å²) in [6.07, 6.45) is 5.70. The Kier molecular flexibility index (Phi) is 3.09. The van der Waals surface area contributed by atoms with Crippen LogP contribution in [-0.2, 0) is 6.54 Å². The SMILES string of the molecule is Cc1cccc(Cn2ccnc2)c1C(C)C. The van der Waals surface area contributed by atoms with Crippen molar-refractivity contribution in [1.29, 1.82) is 0 Å². The molecule has 0 aliphatic heterocycles. The van der Waals surface area contributed by atoms with E-state index in [0.29, 0.717) is 5.92 Å². The van der Waals surface area contributed by atoms with E-state index >= 15 is 0 Å². The summed E-state index contributed by atoms with van der Waals surface area (Å²) in [6, 6.07) is 6.53. The molecule has 16 heavy (non-hydrogen) atoms. The number of hydrogen-bond donors (Lipinski definition) is 0. The molecule has 0 atom stereocenters. The van der Waals surface area contributed by atoms with Crippen LogP contribution in [-0.4, -0.2) is 9.55 Å². The van der Waals surface area contributed by atoms with Crippen LogP contribution < -0.4 is 0 Å². The Labute approximate surface area is 97.0 Å². The molecule has 0 N–H and O–H groups in total. The zero-order valence-corrected chi connectivity index (χ0v) is 10.1. The molecule has 2 nitrogen and oxygen atoms in total. The van der Waals surface area contributed by atoms with Gasteiger partial charge in [-0.1, -0.05) is 32.0 Å². The Morgan fingerprint density at radius 3 is 2.75 bits per heavy atom. The van der Waals surface area contributed by atoms with Gasteiger partial charge in [-0.3, -0.25) is 0 Å². The minimum atomic E-state index is 0.569. The number of benzene rings is 1. The number of nitrogens with zero attached hydrogens (tertiary/aromatic N) is 2. The number of rotatable bonds is 3. The molecule has 0 spiro atoms. The van der Waals surface area contributed by atoms with Gasteiger partial charge in [0.25, 0.3) is 0 Å². The van der Waals surface area contributed by atoms with Crippen LogP contribution in [0.5, 0.6) is 0 Å². The molecule has 0 fully saturated rings. The molecule has 0 saturated heterocycles. The average molecular weight is 214 g/mol. The van der Waals surface area contributed by atoms with Crippen molar-refractivity contribution in [3.05, 3.63) is 53.6 Å². The highest BCUT2D eigenvalue weighted by atomic mass is 15.0. The zero-order valence-electron chi connectivity index (χ0n) is 10.1. The van der Waals surface area contributed by atoms with Gasteiger partial charge in [-0.05, 0) is 29.5 Å². The van der Waals surface area contributed by atoms with Crippen molar-refractivity contribution in [3.63, 3.8) is 0 Å². The molecule has 0 aliphatic carbocycles. The predicted molar refractivity (Wildman–Crippen MR) is 66.6 cm³/mol. The number of hydrogen-bond acceptors (Lipinski definition) is 1. The van der Waals surface area contributed by atoms with Gasteiger partial charge in [0.15, 0.2) is 0 Å². The van der Waals surface area contributed by atoms with Gasteiger partial charge in [0, 0.05) is 18.9 Å². The van der Waals surface area contributed by atoms with Crippen LogP contribution in [0.15, 0.2) is 36.9 Å². The van der Waals surface area contributed by atoms with E-state index in [4.69, 9.17) is 0 Å². The summed E-state index contributed by atoms with van der Waals surface area (Å²) in [7, 11) is 0. The Bertz CT molecular complexity index is 456. The maximum Gasteiger partial charge on any atom is 0.0949 e. The highest BCUT2D eigenvalue weighted by Crippen LogP contribution is 2.24. The molecule has 0 radical (unpaired) electrons. The molecule has 0 aliphatic rings. The Balaban J connectivity index is 2.37.